The summed E-state index contributed by atoms with van der Waals surface area (Å²) in [6, 6.07) is 8.78. The SMILES string of the molecule is COc1ccc(-c2cc3[nH]c(CN)cc3cc2Cl)nc1F. The Hall–Kier alpha value is -2.11. The van der Waals surface area contributed by atoms with Crippen LogP contribution in [0.15, 0.2) is 30.3 Å². The number of rotatable bonds is 3. The van der Waals surface area contributed by atoms with Crippen LogP contribution in [-0.2, 0) is 6.54 Å². The Morgan fingerprint density at radius 3 is 2.81 bits per heavy atom. The third-order valence-electron chi connectivity index (χ3n) is 3.29. The van der Waals surface area contributed by atoms with Crippen molar-refractivity contribution in [1.29, 1.82) is 0 Å². The van der Waals surface area contributed by atoms with E-state index in [1.54, 1.807) is 6.07 Å². The van der Waals surface area contributed by atoms with Gasteiger partial charge in [-0.05, 0) is 30.3 Å². The lowest BCUT2D eigenvalue weighted by Crippen LogP contribution is -1.95. The topological polar surface area (TPSA) is 63.9 Å². The van der Waals surface area contributed by atoms with E-state index < -0.39 is 5.95 Å². The summed E-state index contributed by atoms with van der Waals surface area (Å²) in [6.45, 7) is 0.414. The van der Waals surface area contributed by atoms with E-state index in [2.05, 4.69) is 9.97 Å². The number of hydrogen-bond donors (Lipinski definition) is 2. The third-order valence-corrected chi connectivity index (χ3v) is 3.61. The van der Waals surface area contributed by atoms with Gasteiger partial charge in [0.1, 0.15) is 0 Å². The van der Waals surface area contributed by atoms with Crippen LogP contribution in [0.25, 0.3) is 22.2 Å². The van der Waals surface area contributed by atoms with E-state index in [-0.39, 0.29) is 5.75 Å². The first-order chi connectivity index (χ1) is 10.1. The number of H-pyrrole nitrogens is 1. The number of fused-ring (bicyclic) bond motifs is 1. The van der Waals surface area contributed by atoms with E-state index in [1.807, 2.05) is 18.2 Å². The minimum Gasteiger partial charge on any atom is -0.492 e. The molecule has 0 radical (unpaired) electrons. The second-order valence-electron chi connectivity index (χ2n) is 4.61. The van der Waals surface area contributed by atoms with Gasteiger partial charge < -0.3 is 15.5 Å². The molecule has 3 rings (SSSR count). The van der Waals surface area contributed by atoms with E-state index in [0.717, 1.165) is 16.6 Å². The molecule has 0 saturated carbocycles. The Kier molecular flexibility index (Phi) is 3.53. The van der Waals surface area contributed by atoms with Crippen LogP contribution in [0, 0.1) is 5.95 Å². The van der Waals surface area contributed by atoms with E-state index in [9.17, 15) is 4.39 Å². The number of hydrogen-bond acceptors (Lipinski definition) is 3. The Morgan fingerprint density at radius 1 is 1.33 bits per heavy atom. The molecule has 2 aromatic heterocycles. The van der Waals surface area contributed by atoms with E-state index in [0.29, 0.717) is 22.8 Å². The molecule has 0 aliphatic carbocycles. The largest absolute Gasteiger partial charge is 0.492 e. The fourth-order valence-electron chi connectivity index (χ4n) is 2.24. The highest BCUT2D eigenvalue weighted by Crippen LogP contribution is 2.32. The number of aromatic amines is 1. The quantitative estimate of drug-likeness (QED) is 0.728. The van der Waals surface area contributed by atoms with Crippen molar-refractivity contribution in [3.05, 3.63) is 47.0 Å². The Labute approximate surface area is 125 Å². The molecule has 108 valence electrons. The van der Waals surface area contributed by atoms with Crippen molar-refractivity contribution in [2.24, 2.45) is 5.73 Å². The molecule has 3 N–H and O–H groups in total. The van der Waals surface area contributed by atoms with Gasteiger partial charge in [0.15, 0.2) is 5.75 Å². The van der Waals surface area contributed by atoms with Crippen LogP contribution in [0.1, 0.15) is 5.69 Å². The maximum Gasteiger partial charge on any atom is 0.255 e. The van der Waals surface area contributed by atoms with Crippen molar-refractivity contribution >= 4 is 22.5 Å². The monoisotopic (exact) mass is 305 g/mol. The second kappa shape index (κ2) is 5.35. The molecule has 0 saturated heterocycles. The molecule has 0 amide bonds. The molecule has 4 nitrogen and oxygen atoms in total. The summed E-state index contributed by atoms with van der Waals surface area (Å²) in [4.78, 5) is 7.08. The summed E-state index contributed by atoms with van der Waals surface area (Å²) in [5.74, 6) is -0.568. The summed E-state index contributed by atoms with van der Waals surface area (Å²) in [5, 5.41) is 1.46. The maximum absolute atomic E-state index is 13.7. The van der Waals surface area contributed by atoms with Crippen molar-refractivity contribution < 1.29 is 9.13 Å². The first kappa shape index (κ1) is 13.9. The van der Waals surface area contributed by atoms with Crippen molar-refractivity contribution in [2.45, 2.75) is 6.54 Å². The summed E-state index contributed by atoms with van der Waals surface area (Å²) in [5.41, 5.74) is 8.50. The van der Waals surface area contributed by atoms with Gasteiger partial charge in [0.25, 0.3) is 5.95 Å². The first-order valence-corrected chi connectivity index (χ1v) is 6.72. The Bertz CT molecular complexity index is 816. The number of nitrogens with zero attached hydrogens (tertiary/aromatic N) is 1. The molecular weight excluding hydrogens is 293 g/mol. The van der Waals surface area contributed by atoms with Crippen LogP contribution in [0.5, 0.6) is 5.75 Å². The molecule has 0 unspecified atom stereocenters. The first-order valence-electron chi connectivity index (χ1n) is 6.34. The van der Waals surface area contributed by atoms with Crippen LogP contribution >= 0.6 is 11.6 Å². The molecule has 3 aromatic rings. The second-order valence-corrected chi connectivity index (χ2v) is 5.01. The van der Waals surface area contributed by atoms with E-state index >= 15 is 0 Å². The van der Waals surface area contributed by atoms with Crippen molar-refractivity contribution in [3.63, 3.8) is 0 Å². The maximum atomic E-state index is 13.7. The zero-order valence-electron chi connectivity index (χ0n) is 11.3. The summed E-state index contributed by atoms with van der Waals surface area (Å²) in [7, 11) is 1.39. The summed E-state index contributed by atoms with van der Waals surface area (Å²) >= 11 is 6.28. The van der Waals surface area contributed by atoms with E-state index in [1.165, 1.54) is 13.2 Å². The highest BCUT2D eigenvalue weighted by atomic mass is 35.5. The lowest BCUT2D eigenvalue weighted by molar-refractivity contribution is 0.378. The van der Waals surface area contributed by atoms with Crippen LogP contribution in [0.3, 0.4) is 0 Å². The zero-order chi connectivity index (χ0) is 15.0. The van der Waals surface area contributed by atoms with Gasteiger partial charge >= 0.3 is 0 Å². The number of nitrogens with two attached hydrogens (primary N) is 1. The van der Waals surface area contributed by atoms with Gasteiger partial charge in [-0.2, -0.15) is 4.39 Å². The highest BCUT2D eigenvalue weighted by Gasteiger charge is 2.12. The summed E-state index contributed by atoms with van der Waals surface area (Å²) in [6.07, 6.45) is 0. The zero-order valence-corrected chi connectivity index (χ0v) is 12.0. The predicted molar refractivity (Wildman–Crippen MR) is 80.9 cm³/mol. The lowest BCUT2D eigenvalue weighted by atomic mass is 10.1. The molecule has 0 aliphatic rings. The fourth-order valence-corrected chi connectivity index (χ4v) is 2.51. The molecule has 21 heavy (non-hydrogen) atoms. The van der Waals surface area contributed by atoms with Gasteiger partial charge in [-0.3, -0.25) is 0 Å². The number of aromatic nitrogens is 2. The Morgan fingerprint density at radius 2 is 2.14 bits per heavy atom. The van der Waals surface area contributed by atoms with Crippen LogP contribution < -0.4 is 10.5 Å². The van der Waals surface area contributed by atoms with Gasteiger partial charge in [-0.15, -0.1) is 0 Å². The standard InChI is InChI=1S/C15H13ClFN3O/c1-21-14-3-2-12(20-15(14)17)10-6-13-8(5-11(10)16)4-9(7-18)19-13/h2-6,19H,7,18H2,1H3. The molecule has 6 heteroatoms. The Balaban J connectivity index is 2.14. The average Bonchev–Trinajstić information content (AvgIpc) is 2.88. The molecule has 0 bridgehead atoms. The van der Waals surface area contributed by atoms with Crippen molar-refractivity contribution in [3.8, 4) is 17.0 Å². The smallest absolute Gasteiger partial charge is 0.255 e. The highest BCUT2D eigenvalue weighted by molar-refractivity contribution is 6.34. The van der Waals surface area contributed by atoms with Gasteiger partial charge in [-0.1, -0.05) is 11.6 Å². The normalized spacial score (nSPS) is 11.0. The van der Waals surface area contributed by atoms with Crippen LogP contribution in [0.4, 0.5) is 4.39 Å². The molecule has 0 fully saturated rings. The minimum absolute atomic E-state index is 0.0984. The third kappa shape index (κ3) is 2.46. The van der Waals surface area contributed by atoms with E-state index in [4.69, 9.17) is 22.1 Å². The van der Waals surface area contributed by atoms with Gasteiger partial charge in [-0.25, -0.2) is 4.98 Å². The number of methoxy groups -OCH3 is 1. The van der Waals surface area contributed by atoms with Crippen LogP contribution in [0.2, 0.25) is 5.02 Å². The number of benzene rings is 1. The minimum atomic E-state index is -0.666. The van der Waals surface area contributed by atoms with Crippen LogP contribution in [-0.4, -0.2) is 17.1 Å². The number of ether oxygens (including phenoxy) is 1. The average molecular weight is 306 g/mol. The van der Waals surface area contributed by atoms with Gasteiger partial charge in [0, 0.05) is 28.7 Å². The van der Waals surface area contributed by atoms with Gasteiger partial charge in [0.05, 0.1) is 17.8 Å². The fraction of sp³-hybridized carbons (Fsp3) is 0.133. The molecular formula is C15H13ClFN3O. The summed E-state index contributed by atoms with van der Waals surface area (Å²) < 4.78 is 18.6. The van der Waals surface area contributed by atoms with Gasteiger partial charge in [0.2, 0.25) is 0 Å². The lowest BCUT2D eigenvalue weighted by Gasteiger charge is -2.06. The molecule has 0 atom stereocenters. The number of nitrogens with one attached hydrogen (secondary N) is 1. The van der Waals surface area contributed by atoms with Crippen molar-refractivity contribution in [1.82, 2.24) is 9.97 Å². The molecule has 0 aliphatic heterocycles. The molecule has 0 spiro atoms. The number of halogens is 2. The number of pyridine rings is 1. The van der Waals surface area contributed by atoms with Crippen molar-refractivity contribution in [2.75, 3.05) is 7.11 Å². The molecule has 2 heterocycles. The predicted octanol–water partition coefficient (Wildman–Crippen LogP) is 3.49. The molecule has 1 aromatic carbocycles.